The summed E-state index contributed by atoms with van der Waals surface area (Å²) >= 11 is 0. The molecule has 90 valence electrons. The molecular weight excluding hydrogens is 208 g/mol. The maximum atomic E-state index is 4.31. The van der Waals surface area contributed by atoms with Gasteiger partial charge in [0.15, 0.2) is 0 Å². The SMILES string of the molecule is CC(C)Cc1ccc(C(C)c2ncc[nH]2)cc1. The first-order chi connectivity index (χ1) is 8.16. The van der Waals surface area contributed by atoms with E-state index in [0.29, 0.717) is 11.8 Å². The highest BCUT2D eigenvalue weighted by molar-refractivity contribution is 5.28. The molecule has 0 saturated heterocycles. The van der Waals surface area contributed by atoms with Crippen LogP contribution in [-0.4, -0.2) is 9.97 Å². The third kappa shape index (κ3) is 2.96. The molecular formula is C15H20N2. The highest BCUT2D eigenvalue weighted by Crippen LogP contribution is 2.21. The Balaban J connectivity index is 2.12. The second-order valence-electron chi connectivity index (χ2n) is 5.04. The number of imidazole rings is 1. The fourth-order valence-electron chi connectivity index (χ4n) is 2.09. The highest BCUT2D eigenvalue weighted by atomic mass is 14.9. The van der Waals surface area contributed by atoms with Gasteiger partial charge in [-0.1, -0.05) is 45.0 Å². The molecule has 0 amide bonds. The molecule has 2 rings (SSSR count). The number of nitrogens with zero attached hydrogens (tertiary/aromatic N) is 1. The minimum atomic E-state index is 0.332. The van der Waals surface area contributed by atoms with Crippen LogP contribution < -0.4 is 0 Å². The predicted octanol–water partition coefficient (Wildman–Crippen LogP) is 3.76. The van der Waals surface area contributed by atoms with E-state index >= 15 is 0 Å². The lowest BCUT2D eigenvalue weighted by molar-refractivity contribution is 0.647. The van der Waals surface area contributed by atoms with Crippen molar-refractivity contribution in [1.29, 1.82) is 0 Å². The minimum Gasteiger partial charge on any atom is -0.348 e. The van der Waals surface area contributed by atoms with Crippen LogP contribution in [0.2, 0.25) is 0 Å². The topological polar surface area (TPSA) is 28.7 Å². The average molecular weight is 228 g/mol. The maximum Gasteiger partial charge on any atom is 0.113 e. The van der Waals surface area contributed by atoms with E-state index in [1.165, 1.54) is 11.1 Å². The molecule has 0 spiro atoms. The van der Waals surface area contributed by atoms with Crippen molar-refractivity contribution in [1.82, 2.24) is 9.97 Å². The fourth-order valence-corrected chi connectivity index (χ4v) is 2.09. The Bertz CT molecular complexity index is 440. The van der Waals surface area contributed by atoms with E-state index in [2.05, 4.69) is 55.0 Å². The molecule has 0 aliphatic carbocycles. The molecule has 0 aliphatic rings. The zero-order valence-electron chi connectivity index (χ0n) is 10.8. The summed E-state index contributed by atoms with van der Waals surface area (Å²) < 4.78 is 0. The van der Waals surface area contributed by atoms with Gasteiger partial charge >= 0.3 is 0 Å². The van der Waals surface area contributed by atoms with Gasteiger partial charge in [-0.15, -0.1) is 0 Å². The van der Waals surface area contributed by atoms with Crippen LogP contribution in [0, 0.1) is 5.92 Å². The van der Waals surface area contributed by atoms with Crippen molar-refractivity contribution in [2.45, 2.75) is 33.1 Å². The van der Waals surface area contributed by atoms with Gasteiger partial charge in [0.1, 0.15) is 5.82 Å². The molecule has 1 aromatic carbocycles. The lowest BCUT2D eigenvalue weighted by Crippen LogP contribution is -1.99. The van der Waals surface area contributed by atoms with Crippen LogP contribution in [-0.2, 0) is 6.42 Å². The molecule has 2 heteroatoms. The third-order valence-electron chi connectivity index (χ3n) is 3.05. The second-order valence-corrected chi connectivity index (χ2v) is 5.04. The first-order valence-electron chi connectivity index (χ1n) is 6.25. The summed E-state index contributed by atoms with van der Waals surface area (Å²) in [5.41, 5.74) is 2.72. The third-order valence-corrected chi connectivity index (χ3v) is 3.05. The number of rotatable bonds is 4. The van der Waals surface area contributed by atoms with E-state index in [1.54, 1.807) is 6.20 Å². The Morgan fingerprint density at radius 3 is 2.35 bits per heavy atom. The van der Waals surface area contributed by atoms with E-state index in [1.807, 2.05) is 6.20 Å². The van der Waals surface area contributed by atoms with Gasteiger partial charge in [-0.05, 0) is 23.5 Å². The number of hydrogen-bond acceptors (Lipinski definition) is 1. The van der Waals surface area contributed by atoms with Crippen LogP contribution in [0.15, 0.2) is 36.7 Å². The molecule has 0 radical (unpaired) electrons. The zero-order valence-corrected chi connectivity index (χ0v) is 10.8. The van der Waals surface area contributed by atoms with Gasteiger partial charge in [-0.2, -0.15) is 0 Å². The largest absolute Gasteiger partial charge is 0.348 e. The number of hydrogen-bond donors (Lipinski definition) is 1. The second kappa shape index (κ2) is 5.17. The van der Waals surface area contributed by atoms with Crippen molar-refractivity contribution in [3.05, 3.63) is 53.6 Å². The quantitative estimate of drug-likeness (QED) is 0.848. The number of aromatic nitrogens is 2. The summed E-state index contributed by atoms with van der Waals surface area (Å²) in [5, 5.41) is 0. The molecule has 1 aromatic heterocycles. The summed E-state index contributed by atoms with van der Waals surface area (Å²) in [7, 11) is 0. The Morgan fingerprint density at radius 1 is 1.12 bits per heavy atom. The Kier molecular flexibility index (Phi) is 3.62. The fraction of sp³-hybridized carbons (Fsp3) is 0.400. The highest BCUT2D eigenvalue weighted by Gasteiger charge is 2.10. The van der Waals surface area contributed by atoms with Crippen LogP contribution in [0.5, 0.6) is 0 Å². The van der Waals surface area contributed by atoms with E-state index < -0.39 is 0 Å². The van der Waals surface area contributed by atoms with E-state index in [-0.39, 0.29) is 0 Å². The number of nitrogens with one attached hydrogen (secondary N) is 1. The molecule has 1 heterocycles. The lowest BCUT2D eigenvalue weighted by Gasteiger charge is -2.11. The summed E-state index contributed by atoms with van der Waals surface area (Å²) in [6.07, 6.45) is 4.83. The first-order valence-corrected chi connectivity index (χ1v) is 6.25. The van der Waals surface area contributed by atoms with E-state index in [0.717, 1.165) is 12.2 Å². The molecule has 17 heavy (non-hydrogen) atoms. The zero-order chi connectivity index (χ0) is 12.3. The maximum absolute atomic E-state index is 4.31. The van der Waals surface area contributed by atoms with Gasteiger partial charge in [0.2, 0.25) is 0 Å². The first kappa shape index (κ1) is 11.9. The van der Waals surface area contributed by atoms with E-state index in [4.69, 9.17) is 0 Å². The normalized spacial score (nSPS) is 12.9. The molecule has 1 N–H and O–H groups in total. The minimum absolute atomic E-state index is 0.332. The molecule has 2 nitrogen and oxygen atoms in total. The smallest absolute Gasteiger partial charge is 0.113 e. The summed E-state index contributed by atoms with van der Waals surface area (Å²) in [6, 6.07) is 8.89. The van der Waals surface area contributed by atoms with Crippen molar-refractivity contribution >= 4 is 0 Å². The van der Waals surface area contributed by atoms with Gasteiger partial charge in [0.25, 0.3) is 0 Å². The van der Waals surface area contributed by atoms with Gasteiger partial charge in [0, 0.05) is 18.3 Å². The van der Waals surface area contributed by atoms with Gasteiger partial charge < -0.3 is 4.98 Å². The monoisotopic (exact) mass is 228 g/mol. The summed E-state index contributed by atoms with van der Waals surface area (Å²) in [4.78, 5) is 7.48. The number of H-pyrrole nitrogens is 1. The Hall–Kier alpha value is -1.57. The van der Waals surface area contributed by atoms with Crippen LogP contribution in [0.1, 0.15) is 43.6 Å². The van der Waals surface area contributed by atoms with Crippen LogP contribution in [0.25, 0.3) is 0 Å². The molecule has 1 atom stereocenters. The average Bonchev–Trinajstić information content (AvgIpc) is 2.82. The Labute approximate surface area is 103 Å². The Morgan fingerprint density at radius 2 is 1.82 bits per heavy atom. The van der Waals surface area contributed by atoms with Crippen molar-refractivity contribution < 1.29 is 0 Å². The summed E-state index contributed by atoms with van der Waals surface area (Å²) in [5.74, 6) is 2.07. The molecule has 0 saturated carbocycles. The van der Waals surface area contributed by atoms with Gasteiger partial charge in [-0.3, -0.25) is 0 Å². The molecule has 0 bridgehead atoms. The number of benzene rings is 1. The van der Waals surface area contributed by atoms with Crippen LogP contribution in [0.4, 0.5) is 0 Å². The van der Waals surface area contributed by atoms with Crippen molar-refractivity contribution in [2.24, 2.45) is 5.92 Å². The van der Waals surface area contributed by atoms with Crippen LogP contribution in [0.3, 0.4) is 0 Å². The van der Waals surface area contributed by atoms with Gasteiger partial charge in [0.05, 0.1) is 0 Å². The summed E-state index contributed by atoms with van der Waals surface area (Å²) in [6.45, 7) is 6.68. The number of aromatic amines is 1. The standard InChI is InChI=1S/C15H20N2/c1-11(2)10-13-4-6-14(7-5-13)12(3)15-16-8-9-17-15/h4-9,11-12H,10H2,1-3H3,(H,16,17). The molecule has 2 aromatic rings. The van der Waals surface area contributed by atoms with Crippen LogP contribution >= 0.6 is 0 Å². The molecule has 1 unspecified atom stereocenters. The molecule has 0 fully saturated rings. The molecule has 0 aliphatic heterocycles. The predicted molar refractivity (Wildman–Crippen MR) is 71.1 cm³/mol. The van der Waals surface area contributed by atoms with Crippen molar-refractivity contribution in [3.8, 4) is 0 Å². The van der Waals surface area contributed by atoms with Gasteiger partial charge in [-0.25, -0.2) is 4.98 Å². The van der Waals surface area contributed by atoms with Crippen molar-refractivity contribution in [3.63, 3.8) is 0 Å². The van der Waals surface area contributed by atoms with E-state index in [9.17, 15) is 0 Å². The lowest BCUT2D eigenvalue weighted by atomic mass is 9.96. The van der Waals surface area contributed by atoms with Crippen molar-refractivity contribution in [2.75, 3.05) is 0 Å².